The van der Waals surface area contributed by atoms with E-state index in [-0.39, 0.29) is 0 Å². The monoisotopic (exact) mass is 443 g/mol. The summed E-state index contributed by atoms with van der Waals surface area (Å²) in [6.07, 6.45) is 0. The molecule has 4 rings (SSSR count). The molecule has 0 fully saturated rings. The van der Waals surface area contributed by atoms with Crippen LogP contribution in [0.25, 0.3) is 33.3 Å². The number of pyridine rings is 1. The molecular formula is C19H11Br2NS. The van der Waals surface area contributed by atoms with E-state index in [4.69, 9.17) is 4.98 Å². The van der Waals surface area contributed by atoms with Crippen molar-refractivity contribution in [1.29, 1.82) is 0 Å². The van der Waals surface area contributed by atoms with Crippen molar-refractivity contribution >= 4 is 54.1 Å². The molecule has 4 aromatic rings. The third-order valence-electron chi connectivity index (χ3n) is 3.73. The Labute approximate surface area is 155 Å². The van der Waals surface area contributed by atoms with Gasteiger partial charge in [0.05, 0.1) is 18.8 Å². The summed E-state index contributed by atoms with van der Waals surface area (Å²) in [5.41, 5.74) is 5.46. The fourth-order valence-corrected chi connectivity index (χ4v) is 5.55. The average molecular weight is 445 g/mol. The summed E-state index contributed by atoms with van der Waals surface area (Å²) >= 11 is 8.95. The van der Waals surface area contributed by atoms with Gasteiger partial charge < -0.3 is 0 Å². The number of hydrogen-bond acceptors (Lipinski definition) is 2. The number of aromatic nitrogens is 1. The highest BCUT2D eigenvalue weighted by molar-refractivity contribution is 9.12. The minimum Gasteiger partial charge on any atom is -0.245 e. The van der Waals surface area contributed by atoms with E-state index in [1.807, 2.05) is 12.1 Å². The van der Waals surface area contributed by atoms with Crippen LogP contribution in [0, 0.1) is 0 Å². The van der Waals surface area contributed by atoms with Gasteiger partial charge in [0.25, 0.3) is 0 Å². The second-order valence-corrected chi connectivity index (χ2v) is 8.82. The van der Waals surface area contributed by atoms with Crippen molar-refractivity contribution in [2.75, 3.05) is 0 Å². The van der Waals surface area contributed by atoms with Crippen molar-refractivity contribution in [3.63, 3.8) is 0 Å². The molecule has 2 aromatic heterocycles. The summed E-state index contributed by atoms with van der Waals surface area (Å²) < 4.78 is 2.15. The number of halogens is 2. The lowest BCUT2D eigenvalue weighted by atomic mass is 9.98. The van der Waals surface area contributed by atoms with Crippen molar-refractivity contribution in [3.8, 4) is 22.4 Å². The quantitative estimate of drug-likeness (QED) is 0.319. The van der Waals surface area contributed by atoms with Gasteiger partial charge in [0.1, 0.15) is 0 Å². The minimum atomic E-state index is 1.00. The second-order valence-electron chi connectivity index (χ2n) is 5.16. The molecule has 1 nitrogen and oxygen atoms in total. The van der Waals surface area contributed by atoms with Crippen molar-refractivity contribution < 1.29 is 0 Å². The lowest BCUT2D eigenvalue weighted by molar-refractivity contribution is 1.40. The maximum Gasteiger partial charge on any atom is 0.0973 e. The molecule has 0 unspecified atom stereocenters. The van der Waals surface area contributed by atoms with Gasteiger partial charge >= 0.3 is 0 Å². The first-order chi connectivity index (χ1) is 11.2. The zero-order valence-electron chi connectivity index (χ0n) is 12.0. The van der Waals surface area contributed by atoms with Gasteiger partial charge in [-0.1, -0.05) is 60.7 Å². The van der Waals surface area contributed by atoms with Gasteiger partial charge in [0, 0.05) is 16.5 Å². The van der Waals surface area contributed by atoms with E-state index in [1.54, 1.807) is 11.3 Å². The molecule has 2 heterocycles. The molecule has 2 aromatic carbocycles. The Balaban J connectivity index is 2.08. The largest absolute Gasteiger partial charge is 0.245 e. The first-order valence-electron chi connectivity index (χ1n) is 7.13. The fraction of sp³-hybridized carbons (Fsp3) is 0. The maximum absolute atomic E-state index is 4.98. The molecule has 0 radical (unpaired) electrons. The molecule has 112 valence electrons. The van der Waals surface area contributed by atoms with Gasteiger partial charge in [0.15, 0.2) is 0 Å². The predicted molar refractivity (Wildman–Crippen MR) is 106 cm³/mol. The van der Waals surface area contributed by atoms with E-state index in [0.717, 1.165) is 35.3 Å². The van der Waals surface area contributed by atoms with E-state index in [9.17, 15) is 0 Å². The van der Waals surface area contributed by atoms with Crippen molar-refractivity contribution in [1.82, 2.24) is 4.98 Å². The Morgan fingerprint density at radius 1 is 0.739 bits per heavy atom. The third kappa shape index (κ3) is 2.75. The molecule has 0 saturated carbocycles. The molecule has 0 saturated heterocycles. The third-order valence-corrected chi connectivity index (χ3v) is 6.28. The molecule has 0 N–H and O–H groups in total. The molecule has 0 spiro atoms. The minimum absolute atomic E-state index is 1.00. The summed E-state index contributed by atoms with van der Waals surface area (Å²) in [6, 6.07) is 23.0. The second kappa shape index (κ2) is 6.19. The highest BCUT2D eigenvalue weighted by atomic mass is 79.9. The number of benzene rings is 2. The van der Waals surface area contributed by atoms with Crippen LogP contribution in [0.5, 0.6) is 0 Å². The smallest absolute Gasteiger partial charge is 0.0973 e. The zero-order chi connectivity index (χ0) is 15.8. The Bertz CT molecular complexity index is 899. The first kappa shape index (κ1) is 15.1. The Kier molecular flexibility index (Phi) is 4.05. The van der Waals surface area contributed by atoms with Crippen LogP contribution >= 0.6 is 43.2 Å². The van der Waals surface area contributed by atoms with Crippen LogP contribution in [0.1, 0.15) is 0 Å². The topological polar surface area (TPSA) is 12.9 Å². The molecule has 0 amide bonds. The fourth-order valence-electron chi connectivity index (χ4n) is 2.65. The number of fused-ring (bicyclic) bond motifs is 1. The summed E-state index contributed by atoms with van der Waals surface area (Å²) in [7, 11) is 0. The molecule has 0 atom stereocenters. The Morgan fingerprint density at radius 3 is 2.00 bits per heavy atom. The molecular weight excluding hydrogens is 434 g/mol. The van der Waals surface area contributed by atoms with Crippen LogP contribution in [0.2, 0.25) is 0 Å². The summed E-state index contributed by atoms with van der Waals surface area (Å²) in [6.45, 7) is 0. The number of nitrogens with zero attached hydrogens (tertiary/aromatic N) is 1. The van der Waals surface area contributed by atoms with E-state index in [2.05, 4.69) is 86.5 Å². The van der Waals surface area contributed by atoms with Gasteiger partial charge in [-0.25, -0.2) is 4.98 Å². The first-order valence-corrected chi connectivity index (χ1v) is 9.53. The van der Waals surface area contributed by atoms with Gasteiger partial charge in [-0.2, -0.15) is 0 Å². The van der Waals surface area contributed by atoms with E-state index < -0.39 is 0 Å². The highest BCUT2D eigenvalue weighted by Gasteiger charge is 2.16. The predicted octanol–water partition coefficient (Wildman–Crippen LogP) is 7.16. The van der Waals surface area contributed by atoms with Crippen LogP contribution in [0.3, 0.4) is 0 Å². The molecule has 0 aliphatic heterocycles. The Morgan fingerprint density at radius 2 is 1.35 bits per heavy atom. The molecule has 23 heavy (non-hydrogen) atoms. The summed E-state index contributed by atoms with van der Waals surface area (Å²) in [4.78, 5) is 4.98. The van der Waals surface area contributed by atoms with Crippen LogP contribution < -0.4 is 0 Å². The lowest BCUT2D eigenvalue weighted by Crippen LogP contribution is -1.90. The number of rotatable bonds is 2. The zero-order valence-corrected chi connectivity index (χ0v) is 16.0. The van der Waals surface area contributed by atoms with E-state index in [1.165, 1.54) is 5.56 Å². The molecule has 0 aliphatic carbocycles. The lowest BCUT2D eigenvalue weighted by Gasteiger charge is -2.10. The van der Waals surface area contributed by atoms with Gasteiger partial charge in [0.2, 0.25) is 0 Å². The van der Waals surface area contributed by atoms with Crippen LogP contribution in [0.4, 0.5) is 0 Å². The number of thiophene rings is 1. The van der Waals surface area contributed by atoms with Crippen molar-refractivity contribution in [2.45, 2.75) is 0 Å². The number of hydrogen-bond donors (Lipinski definition) is 0. The molecule has 4 heteroatoms. The summed E-state index contributed by atoms with van der Waals surface area (Å²) in [5.74, 6) is 0. The SMILES string of the molecule is Brc1sc(Br)c2nc(-c3ccccc3)c(-c3ccccc3)cc12. The normalized spacial score (nSPS) is 11.0. The average Bonchev–Trinajstić information content (AvgIpc) is 2.89. The van der Waals surface area contributed by atoms with Crippen molar-refractivity contribution in [2.24, 2.45) is 0 Å². The molecule has 0 bridgehead atoms. The van der Waals surface area contributed by atoms with Gasteiger partial charge in [-0.15, -0.1) is 11.3 Å². The Hall–Kier alpha value is -1.49. The van der Waals surface area contributed by atoms with Crippen LogP contribution in [-0.2, 0) is 0 Å². The standard InChI is InChI=1S/C19H11Br2NS/c20-18-15-11-14(12-7-3-1-4-8-12)16(13-9-5-2-6-10-13)22-17(15)19(21)23-18/h1-11H. The highest BCUT2D eigenvalue weighted by Crippen LogP contribution is 2.42. The maximum atomic E-state index is 4.98. The van der Waals surface area contributed by atoms with Gasteiger partial charge in [-0.05, 0) is 43.5 Å². The van der Waals surface area contributed by atoms with Gasteiger partial charge in [-0.3, -0.25) is 0 Å². The van der Waals surface area contributed by atoms with Crippen molar-refractivity contribution in [3.05, 3.63) is 74.3 Å². The summed E-state index contributed by atoms with van der Waals surface area (Å²) in [5, 5.41) is 1.14. The van der Waals surface area contributed by atoms with E-state index >= 15 is 0 Å². The van der Waals surface area contributed by atoms with E-state index in [0.29, 0.717) is 0 Å². The van der Waals surface area contributed by atoms with Crippen LogP contribution in [0.15, 0.2) is 74.3 Å². The van der Waals surface area contributed by atoms with Crippen LogP contribution in [-0.4, -0.2) is 4.98 Å². The molecule has 0 aliphatic rings.